The Kier molecular flexibility index (Phi) is 5.58. The molecule has 2 atom stereocenters. The molecule has 1 rings (SSSR count). The van der Waals surface area contributed by atoms with Crippen LogP contribution in [0.5, 0.6) is 0 Å². The molecule has 0 saturated carbocycles. The minimum atomic E-state index is -5.21. The number of aliphatic hydroxyl groups is 2. The van der Waals surface area contributed by atoms with Crippen molar-refractivity contribution >= 4 is 71.6 Å². The van der Waals surface area contributed by atoms with Crippen LogP contribution in [0.1, 0.15) is 0 Å². The zero-order valence-corrected chi connectivity index (χ0v) is 13.3. The molecule has 0 amide bonds. The van der Waals surface area contributed by atoms with Crippen molar-refractivity contribution in [3.63, 3.8) is 0 Å². The van der Waals surface area contributed by atoms with Crippen LogP contribution in [-0.4, -0.2) is 97.7 Å². The van der Waals surface area contributed by atoms with E-state index in [2.05, 4.69) is 0 Å². The van der Waals surface area contributed by atoms with E-state index in [1.54, 1.807) is 0 Å². The third-order valence-electron chi connectivity index (χ3n) is 1.96. The Morgan fingerprint density at radius 3 is 2.00 bits per heavy atom. The summed E-state index contributed by atoms with van der Waals surface area (Å²) in [4.78, 5) is -3.23. The molecule has 0 aromatic rings. The van der Waals surface area contributed by atoms with E-state index >= 15 is 0 Å². The molecule has 11 heteroatoms. The molecule has 17 heavy (non-hydrogen) atoms. The SMILES string of the molecule is O=S(=O)(O)C1C=C(O)C=CC1(O)S(=O)(=O)O.[K]. The van der Waals surface area contributed by atoms with E-state index in [1.807, 2.05) is 0 Å². The molecule has 0 heterocycles. The molecule has 93 valence electrons. The standard InChI is InChI=1S/C6H8O8S2.K/c7-4-1-2-6(8,16(12,13)14)5(3-4)15(9,10)11;/h1-3,5,7-8H,(H,9,10,11)(H,12,13,14);. The van der Waals surface area contributed by atoms with E-state index in [-0.39, 0.29) is 51.4 Å². The zero-order chi connectivity index (χ0) is 12.8. The molecular formula is C6H8KO8S2. The van der Waals surface area contributed by atoms with Crippen LogP contribution in [0, 0.1) is 0 Å². The minimum absolute atomic E-state index is 0. The van der Waals surface area contributed by atoms with Crippen LogP contribution in [0.4, 0.5) is 0 Å². The Labute approximate surface area is 140 Å². The first-order valence-electron chi connectivity index (χ1n) is 3.74. The molecule has 0 spiro atoms. The van der Waals surface area contributed by atoms with Gasteiger partial charge >= 0.3 is 10.1 Å². The van der Waals surface area contributed by atoms with Crippen molar-refractivity contribution in [2.75, 3.05) is 0 Å². The van der Waals surface area contributed by atoms with Crippen molar-refractivity contribution in [2.45, 2.75) is 10.2 Å². The molecule has 1 radical (unpaired) electrons. The van der Waals surface area contributed by atoms with Gasteiger partial charge in [-0.15, -0.1) is 0 Å². The molecule has 1 aliphatic rings. The fourth-order valence-electron chi connectivity index (χ4n) is 1.16. The maximum absolute atomic E-state index is 10.8. The van der Waals surface area contributed by atoms with Crippen molar-refractivity contribution in [1.82, 2.24) is 0 Å². The quantitative estimate of drug-likeness (QED) is 0.354. The van der Waals surface area contributed by atoms with Gasteiger partial charge in [-0.1, -0.05) is 0 Å². The summed E-state index contributed by atoms with van der Waals surface area (Å²) in [6.07, 6.45) is 1.43. The topological polar surface area (TPSA) is 149 Å². The van der Waals surface area contributed by atoms with Crippen LogP contribution < -0.4 is 0 Å². The largest absolute Gasteiger partial charge is 0.508 e. The summed E-state index contributed by atoms with van der Waals surface area (Å²) < 4.78 is 60.7. The smallest absolute Gasteiger partial charge is 0.300 e. The fourth-order valence-corrected chi connectivity index (χ4v) is 3.31. The molecule has 0 saturated heterocycles. The van der Waals surface area contributed by atoms with Crippen molar-refractivity contribution in [1.29, 1.82) is 0 Å². The Morgan fingerprint density at radius 2 is 1.65 bits per heavy atom. The Bertz CT molecular complexity index is 559. The van der Waals surface area contributed by atoms with E-state index in [0.717, 1.165) is 0 Å². The summed E-state index contributed by atoms with van der Waals surface area (Å²) in [7, 11) is -10.2. The molecule has 4 N–H and O–H groups in total. The molecule has 0 aliphatic heterocycles. The normalized spacial score (nSPS) is 29.4. The molecule has 0 fully saturated rings. The summed E-state index contributed by atoms with van der Waals surface area (Å²) in [6, 6.07) is 0. The molecule has 0 bridgehead atoms. The molecule has 1 aliphatic carbocycles. The number of rotatable bonds is 2. The van der Waals surface area contributed by atoms with Gasteiger partial charge in [0.1, 0.15) is 5.76 Å². The van der Waals surface area contributed by atoms with Gasteiger partial charge in [-0.25, -0.2) is 0 Å². The van der Waals surface area contributed by atoms with Crippen LogP contribution in [-0.2, 0) is 20.2 Å². The van der Waals surface area contributed by atoms with E-state index in [4.69, 9.17) is 14.2 Å². The Hall–Kier alpha value is 0.696. The van der Waals surface area contributed by atoms with Crippen LogP contribution in [0.2, 0.25) is 0 Å². The predicted molar refractivity (Wildman–Crippen MR) is 57.4 cm³/mol. The van der Waals surface area contributed by atoms with Crippen molar-refractivity contribution < 1.29 is 36.2 Å². The van der Waals surface area contributed by atoms with E-state index in [1.165, 1.54) is 0 Å². The van der Waals surface area contributed by atoms with Gasteiger partial charge in [0.2, 0.25) is 4.93 Å². The number of hydrogen-bond donors (Lipinski definition) is 4. The fraction of sp³-hybridized carbons (Fsp3) is 0.333. The maximum Gasteiger partial charge on any atom is 0.300 e. The van der Waals surface area contributed by atoms with Gasteiger partial charge in [0.05, 0.1) is 0 Å². The molecule has 2 unspecified atom stereocenters. The average molecular weight is 311 g/mol. The summed E-state index contributed by atoms with van der Waals surface area (Å²) in [5.41, 5.74) is 0. The van der Waals surface area contributed by atoms with Crippen LogP contribution in [0.3, 0.4) is 0 Å². The minimum Gasteiger partial charge on any atom is -0.508 e. The van der Waals surface area contributed by atoms with Gasteiger partial charge in [-0.05, 0) is 18.2 Å². The maximum atomic E-state index is 10.8. The van der Waals surface area contributed by atoms with Crippen molar-refractivity contribution in [3.8, 4) is 0 Å². The Balaban J connectivity index is 0.00000256. The first-order chi connectivity index (χ1) is 6.98. The zero-order valence-electron chi connectivity index (χ0n) is 8.55. The van der Waals surface area contributed by atoms with Gasteiger partial charge < -0.3 is 10.2 Å². The average Bonchev–Trinajstić information content (AvgIpc) is 2.05. The van der Waals surface area contributed by atoms with Crippen LogP contribution >= 0.6 is 0 Å². The van der Waals surface area contributed by atoms with E-state index in [9.17, 15) is 21.9 Å². The number of hydrogen-bond acceptors (Lipinski definition) is 6. The molecule has 0 aromatic heterocycles. The second-order valence-electron chi connectivity index (χ2n) is 3.09. The monoisotopic (exact) mass is 311 g/mol. The molecule has 0 aromatic carbocycles. The number of allylic oxidation sites excluding steroid dienone is 1. The summed E-state index contributed by atoms with van der Waals surface area (Å²) >= 11 is 0. The summed E-state index contributed by atoms with van der Waals surface area (Å²) in [6.45, 7) is 0. The first-order valence-corrected chi connectivity index (χ1v) is 6.68. The van der Waals surface area contributed by atoms with Crippen LogP contribution in [0.15, 0.2) is 24.0 Å². The van der Waals surface area contributed by atoms with E-state index in [0.29, 0.717) is 18.2 Å². The first kappa shape index (κ1) is 17.7. The van der Waals surface area contributed by atoms with Gasteiger partial charge in [0.15, 0.2) is 5.25 Å². The summed E-state index contributed by atoms with van der Waals surface area (Å²) in [5, 5.41) is 16.1. The van der Waals surface area contributed by atoms with Gasteiger partial charge in [0.25, 0.3) is 10.1 Å². The third kappa shape index (κ3) is 3.59. The van der Waals surface area contributed by atoms with Crippen LogP contribution in [0.25, 0.3) is 0 Å². The van der Waals surface area contributed by atoms with Gasteiger partial charge in [0, 0.05) is 51.4 Å². The second-order valence-corrected chi connectivity index (χ2v) is 6.23. The number of aliphatic hydroxyl groups excluding tert-OH is 1. The molecular weight excluding hydrogens is 303 g/mol. The van der Waals surface area contributed by atoms with E-state index < -0.39 is 36.2 Å². The Morgan fingerprint density at radius 1 is 1.18 bits per heavy atom. The summed E-state index contributed by atoms with van der Waals surface area (Å²) in [5.74, 6) is -0.670. The predicted octanol–water partition coefficient (Wildman–Crippen LogP) is -1.55. The van der Waals surface area contributed by atoms with Gasteiger partial charge in [-0.2, -0.15) is 16.8 Å². The second kappa shape index (κ2) is 5.36. The molecule has 8 nitrogen and oxygen atoms in total. The third-order valence-corrected chi connectivity index (χ3v) is 4.46. The van der Waals surface area contributed by atoms with Crippen molar-refractivity contribution in [3.05, 3.63) is 24.0 Å². The van der Waals surface area contributed by atoms with Gasteiger partial charge in [-0.3, -0.25) is 9.11 Å². The van der Waals surface area contributed by atoms with Crippen molar-refractivity contribution in [2.24, 2.45) is 0 Å².